The smallest absolute Gasteiger partial charge is 0.297 e. The fourth-order valence-corrected chi connectivity index (χ4v) is 4.97. The van der Waals surface area contributed by atoms with E-state index in [4.69, 9.17) is 16.3 Å². The number of aromatic nitrogens is 2. The van der Waals surface area contributed by atoms with Gasteiger partial charge < -0.3 is 15.0 Å². The molecule has 0 fully saturated rings. The van der Waals surface area contributed by atoms with Crippen LogP contribution >= 0.6 is 11.6 Å². The molecular weight excluding hydrogens is 554 g/mol. The highest BCUT2D eigenvalue weighted by molar-refractivity contribution is 6.31. The van der Waals surface area contributed by atoms with E-state index in [-0.39, 0.29) is 35.8 Å². The van der Waals surface area contributed by atoms with E-state index in [0.29, 0.717) is 40.9 Å². The third kappa shape index (κ3) is 7.25. The highest BCUT2D eigenvalue weighted by atomic mass is 35.5. The first-order chi connectivity index (χ1) is 19.6. The Morgan fingerprint density at radius 2 is 1.67 bits per heavy atom. The summed E-state index contributed by atoms with van der Waals surface area (Å²) in [5.41, 5.74) is 0.00140. The summed E-state index contributed by atoms with van der Waals surface area (Å²) in [4.78, 5) is 44.4. The monoisotopic (exact) mass is 597 g/mol. The summed E-state index contributed by atoms with van der Waals surface area (Å²) >= 11 is 6.15. The molecule has 3 aromatic rings. The average Bonchev–Trinajstić information content (AvgIpc) is 3.16. The molecule has 0 atom stereocenters. The number of nitrogens with zero attached hydrogens (tertiary/aromatic N) is 4. The van der Waals surface area contributed by atoms with Crippen LogP contribution in [-0.4, -0.2) is 59.4 Å². The van der Waals surface area contributed by atoms with Crippen molar-refractivity contribution >= 4 is 34.8 Å². The van der Waals surface area contributed by atoms with Gasteiger partial charge in [-0.15, -0.1) is 0 Å². The summed E-state index contributed by atoms with van der Waals surface area (Å²) in [6, 6.07) is 14.3. The van der Waals surface area contributed by atoms with E-state index in [1.54, 1.807) is 27.6 Å². The minimum absolute atomic E-state index is 0.0990. The number of ketones is 1. The van der Waals surface area contributed by atoms with Crippen LogP contribution in [0.5, 0.6) is 5.75 Å². The molecule has 1 aromatic heterocycles. The van der Waals surface area contributed by atoms with Gasteiger partial charge in [0.1, 0.15) is 5.75 Å². The molecule has 0 radical (unpaired) electrons. The molecule has 10 heteroatoms. The van der Waals surface area contributed by atoms with Gasteiger partial charge >= 0.3 is 0 Å². The number of halogens is 1. The van der Waals surface area contributed by atoms with Crippen molar-refractivity contribution in [3.05, 3.63) is 69.5 Å². The van der Waals surface area contributed by atoms with Crippen LogP contribution < -0.4 is 20.5 Å². The zero-order chi connectivity index (χ0) is 31.4. The molecule has 1 N–H and O–H groups in total. The van der Waals surface area contributed by atoms with Gasteiger partial charge in [0, 0.05) is 32.0 Å². The van der Waals surface area contributed by atoms with Crippen LogP contribution in [0, 0.1) is 5.41 Å². The van der Waals surface area contributed by atoms with Crippen molar-refractivity contribution in [3.63, 3.8) is 0 Å². The largest absolute Gasteiger partial charge is 0.493 e. The second-order valence-electron chi connectivity index (χ2n) is 12.0. The quantitative estimate of drug-likeness (QED) is 0.193. The van der Waals surface area contributed by atoms with Crippen LogP contribution in [0.3, 0.4) is 0 Å². The molecule has 1 heterocycles. The summed E-state index contributed by atoms with van der Waals surface area (Å²) in [6.45, 7) is 10.3. The van der Waals surface area contributed by atoms with E-state index in [9.17, 15) is 14.4 Å². The lowest BCUT2D eigenvalue weighted by Gasteiger charge is -2.42. The number of amides is 1. The van der Waals surface area contributed by atoms with Crippen LogP contribution in [0.25, 0.3) is 5.69 Å². The van der Waals surface area contributed by atoms with Gasteiger partial charge in [0.2, 0.25) is 5.91 Å². The molecule has 0 bridgehead atoms. The lowest BCUT2D eigenvalue weighted by atomic mass is 9.82. The first-order valence-corrected chi connectivity index (χ1v) is 14.5. The Morgan fingerprint density at radius 1 is 1.02 bits per heavy atom. The lowest BCUT2D eigenvalue weighted by molar-refractivity contribution is -0.118. The molecule has 0 aliphatic rings. The Bertz CT molecular complexity index is 1470. The normalized spacial score (nSPS) is 12.0. The van der Waals surface area contributed by atoms with Gasteiger partial charge in [-0.3, -0.25) is 24.0 Å². The summed E-state index contributed by atoms with van der Waals surface area (Å²) < 4.78 is 8.94. The predicted octanol–water partition coefficient (Wildman–Crippen LogP) is 5.98. The van der Waals surface area contributed by atoms with E-state index in [1.807, 2.05) is 103 Å². The third-order valence-electron chi connectivity index (χ3n) is 7.94. The predicted molar refractivity (Wildman–Crippen MR) is 170 cm³/mol. The number of para-hydroxylation sites is 1. The molecular formula is C32H44ClN5O4. The maximum Gasteiger partial charge on any atom is 0.297 e. The average molecular weight is 598 g/mol. The van der Waals surface area contributed by atoms with Crippen molar-refractivity contribution in [2.24, 2.45) is 12.5 Å². The first-order valence-electron chi connectivity index (χ1n) is 14.1. The topological polar surface area (TPSA) is 88.8 Å². The van der Waals surface area contributed by atoms with Crippen molar-refractivity contribution in [2.75, 3.05) is 38.0 Å². The van der Waals surface area contributed by atoms with E-state index in [2.05, 4.69) is 5.32 Å². The maximum atomic E-state index is 13.8. The fourth-order valence-electron chi connectivity index (χ4n) is 4.80. The summed E-state index contributed by atoms with van der Waals surface area (Å²) in [6.07, 6.45) is 0.798. The molecule has 3 rings (SSSR count). The van der Waals surface area contributed by atoms with Gasteiger partial charge in [0.15, 0.2) is 17.3 Å². The van der Waals surface area contributed by atoms with Gasteiger partial charge in [0.25, 0.3) is 5.56 Å². The number of hydrogen-bond donors (Lipinski definition) is 1. The van der Waals surface area contributed by atoms with Gasteiger partial charge in [-0.2, -0.15) is 0 Å². The SMILES string of the molecule is CCOc1ccc(Cl)cc1C(=O)CCC(C)(C)CC(=O)Nc1c(N(C)C(C)(C)N(C)C)n(C)n(-c2ccccc2)c1=O. The second kappa shape index (κ2) is 13.2. The van der Waals surface area contributed by atoms with Gasteiger partial charge in [-0.1, -0.05) is 43.6 Å². The van der Waals surface area contributed by atoms with E-state index in [1.165, 1.54) is 0 Å². The highest BCUT2D eigenvalue weighted by Gasteiger charge is 2.34. The number of Topliss-reactive ketones (excluding diaryl/α,β-unsaturated/α-hetero) is 1. The lowest BCUT2D eigenvalue weighted by Crippen LogP contribution is -2.53. The molecule has 0 saturated carbocycles. The van der Waals surface area contributed by atoms with E-state index >= 15 is 0 Å². The number of ether oxygens (including phenoxy) is 1. The number of hydrogen-bond acceptors (Lipinski definition) is 6. The molecule has 1 amide bonds. The van der Waals surface area contributed by atoms with Crippen LogP contribution in [0.1, 0.15) is 64.2 Å². The molecule has 0 aliphatic carbocycles. The van der Waals surface area contributed by atoms with Crippen molar-refractivity contribution in [3.8, 4) is 11.4 Å². The van der Waals surface area contributed by atoms with Crippen molar-refractivity contribution in [1.82, 2.24) is 14.3 Å². The highest BCUT2D eigenvalue weighted by Crippen LogP contribution is 2.33. The fraction of sp³-hybridized carbons (Fsp3) is 0.469. The number of carbonyl (C=O) groups is 2. The van der Waals surface area contributed by atoms with Gasteiger partial charge in [0.05, 0.1) is 23.5 Å². The standard InChI is InChI=1S/C32H44ClN5O4/c1-10-42-26-17-16-22(33)20-24(26)25(39)18-19-31(2,3)21-27(40)34-28-29(36(8)32(4,5)35(6)7)37(9)38(30(28)41)23-14-12-11-13-15-23/h11-17,20H,10,18-19,21H2,1-9H3,(H,34,40). The van der Waals surface area contributed by atoms with Crippen LogP contribution in [0.15, 0.2) is 53.3 Å². The first kappa shape index (κ1) is 32.9. The van der Waals surface area contributed by atoms with E-state index < -0.39 is 11.1 Å². The molecule has 0 unspecified atom stereocenters. The van der Waals surface area contributed by atoms with Crippen molar-refractivity contribution in [1.29, 1.82) is 0 Å². The Kier molecular flexibility index (Phi) is 10.3. The molecule has 0 aliphatic heterocycles. The zero-order valence-electron chi connectivity index (χ0n) is 26.2. The summed E-state index contributed by atoms with van der Waals surface area (Å²) in [7, 11) is 7.64. The molecule has 228 valence electrons. The number of carbonyl (C=O) groups excluding carboxylic acids is 2. The third-order valence-corrected chi connectivity index (χ3v) is 8.18. The minimum atomic E-state index is -0.522. The Hall–Kier alpha value is -3.56. The summed E-state index contributed by atoms with van der Waals surface area (Å²) in [5, 5.41) is 3.40. The van der Waals surface area contributed by atoms with Crippen LogP contribution in [0.4, 0.5) is 11.5 Å². The Morgan fingerprint density at radius 3 is 2.26 bits per heavy atom. The molecule has 42 heavy (non-hydrogen) atoms. The van der Waals surface area contributed by atoms with E-state index in [0.717, 1.165) is 0 Å². The number of benzene rings is 2. The molecule has 2 aromatic carbocycles. The van der Waals surface area contributed by atoms with Gasteiger partial charge in [-0.25, -0.2) is 4.68 Å². The Labute approximate surface area is 254 Å². The van der Waals surface area contributed by atoms with Gasteiger partial charge in [-0.05, 0) is 77.0 Å². The molecule has 9 nitrogen and oxygen atoms in total. The van der Waals surface area contributed by atoms with Crippen molar-refractivity contribution in [2.45, 2.75) is 59.5 Å². The molecule has 0 spiro atoms. The Balaban J connectivity index is 1.87. The van der Waals surface area contributed by atoms with Crippen LogP contribution in [-0.2, 0) is 11.8 Å². The minimum Gasteiger partial charge on any atom is -0.493 e. The van der Waals surface area contributed by atoms with Crippen molar-refractivity contribution < 1.29 is 14.3 Å². The maximum absolute atomic E-state index is 13.8. The molecule has 0 saturated heterocycles. The van der Waals surface area contributed by atoms with Crippen LogP contribution in [0.2, 0.25) is 5.02 Å². The zero-order valence-corrected chi connectivity index (χ0v) is 27.0. The number of rotatable bonds is 13. The second-order valence-corrected chi connectivity index (χ2v) is 12.4. The number of anilines is 2. The number of nitrogens with one attached hydrogen (secondary N) is 1. The summed E-state index contributed by atoms with van der Waals surface area (Å²) in [5.74, 6) is 0.676.